The summed E-state index contributed by atoms with van der Waals surface area (Å²) in [5, 5.41) is 17.6. The molecule has 0 fully saturated rings. The molecule has 0 aliphatic carbocycles. The number of pyridine rings is 1. The van der Waals surface area contributed by atoms with E-state index in [2.05, 4.69) is 78.1 Å². The van der Waals surface area contributed by atoms with Gasteiger partial charge in [-0.2, -0.15) is 10.4 Å². The summed E-state index contributed by atoms with van der Waals surface area (Å²) in [7, 11) is -3.46. The van der Waals surface area contributed by atoms with Crippen molar-refractivity contribution in [2.24, 2.45) is 0 Å². The van der Waals surface area contributed by atoms with Crippen molar-refractivity contribution in [3.8, 4) is 17.6 Å². The highest BCUT2D eigenvalue weighted by Crippen LogP contribution is 2.60. The second-order valence-corrected chi connectivity index (χ2v) is 27.3. The van der Waals surface area contributed by atoms with Crippen LogP contribution in [0.5, 0.6) is 5.88 Å². The molecule has 0 aliphatic heterocycles. The lowest BCUT2D eigenvalue weighted by Crippen LogP contribution is -2.42. The van der Waals surface area contributed by atoms with Crippen molar-refractivity contribution in [2.45, 2.75) is 38.8 Å². The normalized spacial score (nSPS) is 14.2. The number of ether oxygens (including phenoxy) is 2. The Hall–Kier alpha value is -3.55. The van der Waals surface area contributed by atoms with Crippen LogP contribution in [0.3, 0.4) is 0 Å². The SMILES string of the molecule is C=[P+](C)[Si](OCCOCC(Oc1ncnc2c1cnn2-c1c(Cl)cccc1C#N)C(=O)Nc1ccc(C)cn1)([P+](=C)C)C(C)(C)C. The summed E-state index contributed by atoms with van der Waals surface area (Å²) in [6.07, 6.45) is 12.2. The number of carbonyl (C=O) groups is 1. The predicted molar refractivity (Wildman–Crippen MR) is 191 cm³/mol. The standard InChI is InChI=1S/C31H37ClN7O4P2Si/c1-21-12-13-26(34-17-21)38-29(40)25(19-41-14-15-42-46(44(5)6,45(7)8)31(2,3)4)43-30-23-18-37-39(28(23)35-20-36-30)27-22(16-33)10-9-11-24(27)32/h9-13,17-18,20,25H,5,7,14-15,19H2,1-4,6,8H3/q+1/p+1. The lowest BCUT2D eigenvalue weighted by atomic mass is 10.2. The Balaban J connectivity index is 1.58. The molecule has 3 aromatic heterocycles. The molecule has 15 heteroatoms. The number of benzene rings is 1. The van der Waals surface area contributed by atoms with Gasteiger partial charge in [-0.15, -0.1) is 0 Å². The zero-order chi connectivity index (χ0) is 33.6. The van der Waals surface area contributed by atoms with Crippen molar-refractivity contribution in [1.82, 2.24) is 24.7 Å². The summed E-state index contributed by atoms with van der Waals surface area (Å²) in [6, 6.07) is 10.7. The zero-order valence-corrected chi connectivity index (χ0v) is 30.4. The van der Waals surface area contributed by atoms with E-state index in [0.29, 0.717) is 39.7 Å². The molecule has 4 rings (SSSR count). The fourth-order valence-electron chi connectivity index (χ4n) is 5.25. The van der Waals surface area contributed by atoms with Gasteiger partial charge in [0.25, 0.3) is 5.91 Å². The molecule has 46 heavy (non-hydrogen) atoms. The summed E-state index contributed by atoms with van der Waals surface area (Å²) < 4.78 is 20.3. The molecule has 4 aromatic rings. The summed E-state index contributed by atoms with van der Waals surface area (Å²) in [4.78, 5) is 26.5. The topological polar surface area (TPSA) is 137 Å². The Morgan fingerprint density at radius 1 is 1.13 bits per heavy atom. The van der Waals surface area contributed by atoms with Crippen molar-refractivity contribution in [1.29, 1.82) is 5.26 Å². The van der Waals surface area contributed by atoms with E-state index >= 15 is 0 Å². The van der Waals surface area contributed by atoms with E-state index in [-0.39, 0.29) is 24.1 Å². The van der Waals surface area contributed by atoms with E-state index in [0.717, 1.165) is 5.56 Å². The second kappa shape index (κ2) is 14.9. The van der Waals surface area contributed by atoms with Crippen molar-refractivity contribution >= 4 is 68.8 Å². The van der Waals surface area contributed by atoms with Gasteiger partial charge in [0.1, 0.15) is 43.5 Å². The van der Waals surface area contributed by atoms with Crippen LogP contribution >= 0.6 is 25.8 Å². The average Bonchev–Trinajstić information content (AvgIpc) is 3.42. The number of fused-ring (bicyclic) bond motifs is 1. The Labute approximate surface area is 276 Å². The van der Waals surface area contributed by atoms with E-state index in [1.54, 1.807) is 30.5 Å². The van der Waals surface area contributed by atoms with Crippen molar-refractivity contribution in [3.63, 3.8) is 0 Å². The maximum Gasteiger partial charge on any atom is 0.662 e. The summed E-state index contributed by atoms with van der Waals surface area (Å²) in [6.45, 7) is 13.4. The van der Waals surface area contributed by atoms with Gasteiger partial charge in [-0.05, 0) is 30.7 Å². The maximum atomic E-state index is 13.5. The van der Waals surface area contributed by atoms with Crippen molar-refractivity contribution < 1.29 is 18.7 Å². The monoisotopic (exact) mass is 697 g/mol. The number of carbonyl (C=O) groups excluding carboxylic acids is 1. The first-order valence-corrected chi connectivity index (χ1v) is 22.3. The number of rotatable bonds is 13. The largest absolute Gasteiger partial charge is 0.662 e. The maximum absolute atomic E-state index is 13.5. The van der Waals surface area contributed by atoms with Crippen LogP contribution in [0.4, 0.5) is 5.82 Å². The van der Waals surface area contributed by atoms with Crippen LogP contribution in [0.1, 0.15) is 31.9 Å². The molecular weight excluding hydrogens is 660 g/mol. The zero-order valence-electron chi connectivity index (χ0n) is 26.8. The van der Waals surface area contributed by atoms with Gasteiger partial charge >= 0.3 is 7.65 Å². The minimum absolute atomic E-state index is 0.0369. The number of para-hydroxylation sites is 1. The molecule has 1 aromatic carbocycles. The van der Waals surface area contributed by atoms with Crippen molar-refractivity contribution in [2.75, 3.05) is 38.5 Å². The molecule has 1 amide bonds. The molecule has 240 valence electrons. The molecule has 11 nitrogen and oxygen atoms in total. The van der Waals surface area contributed by atoms with Crippen LogP contribution in [-0.4, -0.2) is 90.1 Å². The number of aromatic nitrogens is 5. The highest BCUT2D eigenvalue weighted by atomic mass is 35.5. The number of aryl methyl sites for hydroxylation is 1. The summed E-state index contributed by atoms with van der Waals surface area (Å²) in [5.41, 5.74) is 2.00. The molecule has 3 unspecified atom stereocenters. The van der Waals surface area contributed by atoms with Crippen LogP contribution in [-0.2, 0) is 14.0 Å². The summed E-state index contributed by atoms with van der Waals surface area (Å²) in [5.74, 6) is 0.00739. The van der Waals surface area contributed by atoms with Gasteiger partial charge in [-0.25, -0.2) is 19.6 Å². The fourth-order valence-corrected chi connectivity index (χ4v) is 25.4. The quantitative estimate of drug-likeness (QED) is 0.0971. The number of hydrogen-bond donors (Lipinski definition) is 1. The number of anilines is 1. The third-order valence-corrected chi connectivity index (χ3v) is 29.3. The Morgan fingerprint density at radius 2 is 1.87 bits per heavy atom. The molecule has 0 saturated carbocycles. The van der Waals surface area contributed by atoms with Crippen LogP contribution in [0.25, 0.3) is 16.7 Å². The lowest BCUT2D eigenvalue weighted by Gasteiger charge is -2.27. The molecule has 0 radical (unpaired) electrons. The van der Waals surface area contributed by atoms with Gasteiger partial charge < -0.3 is 19.2 Å². The van der Waals surface area contributed by atoms with Crippen LogP contribution < -0.4 is 10.1 Å². The highest BCUT2D eigenvalue weighted by Gasteiger charge is 2.70. The number of nitrogens with one attached hydrogen (secondary N) is 1. The van der Waals surface area contributed by atoms with Gasteiger partial charge in [-0.1, -0.05) is 44.5 Å². The van der Waals surface area contributed by atoms with E-state index in [9.17, 15) is 10.1 Å². The van der Waals surface area contributed by atoms with Gasteiger partial charge in [0, 0.05) is 6.20 Å². The van der Waals surface area contributed by atoms with Crippen molar-refractivity contribution in [3.05, 3.63) is 65.2 Å². The number of hydrogen-bond acceptors (Lipinski definition) is 9. The van der Waals surface area contributed by atoms with Gasteiger partial charge in [0.2, 0.25) is 12.0 Å². The van der Waals surface area contributed by atoms with Gasteiger partial charge in [0.15, 0.2) is 5.65 Å². The smallest absolute Gasteiger partial charge is 0.461 e. The first-order valence-electron chi connectivity index (χ1n) is 14.4. The molecule has 1 N–H and O–H groups in total. The van der Waals surface area contributed by atoms with E-state index in [1.165, 1.54) is 17.2 Å². The third-order valence-electron chi connectivity index (χ3n) is 7.17. The van der Waals surface area contributed by atoms with E-state index in [4.69, 9.17) is 25.5 Å². The van der Waals surface area contributed by atoms with Crippen LogP contribution in [0.2, 0.25) is 10.1 Å². The number of nitrogens with zero attached hydrogens (tertiary/aromatic N) is 6. The number of amides is 1. The Morgan fingerprint density at radius 3 is 2.50 bits per heavy atom. The lowest BCUT2D eigenvalue weighted by molar-refractivity contribution is -0.125. The average molecular weight is 698 g/mol. The second-order valence-electron chi connectivity index (χ2n) is 11.7. The Kier molecular flexibility index (Phi) is 11.4. The molecule has 0 aliphatic rings. The van der Waals surface area contributed by atoms with Crippen LogP contribution in [0.15, 0.2) is 49.1 Å². The number of nitriles is 1. The number of halogens is 1. The molecular formula is C31H38ClN7O4P2Si+2. The molecule has 0 spiro atoms. The molecule has 0 bridgehead atoms. The predicted octanol–water partition coefficient (Wildman–Crippen LogP) is 6.29. The van der Waals surface area contributed by atoms with Crippen LogP contribution in [0, 0.1) is 18.3 Å². The van der Waals surface area contributed by atoms with Gasteiger partial charge in [0.05, 0.1) is 67.6 Å². The molecule has 3 heterocycles. The molecule has 0 saturated heterocycles. The molecule has 3 atom stereocenters. The minimum Gasteiger partial charge on any atom is -0.461 e. The first kappa shape index (κ1) is 35.3. The fraction of sp³-hybridized carbons (Fsp3) is 0.355. The summed E-state index contributed by atoms with van der Waals surface area (Å²) >= 11 is 6.45. The van der Waals surface area contributed by atoms with E-state index < -0.39 is 33.8 Å². The highest BCUT2D eigenvalue weighted by molar-refractivity contribution is 8.21. The van der Waals surface area contributed by atoms with E-state index in [1.807, 2.05) is 13.0 Å². The first-order chi connectivity index (χ1) is 21.8. The van der Waals surface area contributed by atoms with Gasteiger partial charge in [-0.3, -0.25) is 4.79 Å². The Bertz CT molecular complexity index is 1790. The third kappa shape index (κ3) is 7.53. The minimum atomic E-state index is -2.28.